The predicted molar refractivity (Wildman–Crippen MR) is 134 cm³/mol. The molecule has 2 amide bonds. The van der Waals surface area contributed by atoms with Crippen LogP contribution in [-0.4, -0.2) is 35.0 Å². The van der Waals surface area contributed by atoms with E-state index in [1.165, 1.54) is 4.90 Å². The fourth-order valence-corrected chi connectivity index (χ4v) is 4.19. The van der Waals surface area contributed by atoms with Crippen molar-refractivity contribution >= 4 is 52.1 Å². The highest BCUT2D eigenvalue weighted by molar-refractivity contribution is 7.80. The Morgan fingerprint density at radius 1 is 1.03 bits per heavy atom. The van der Waals surface area contributed by atoms with Crippen LogP contribution in [0.15, 0.2) is 78.9 Å². The molecule has 1 aliphatic heterocycles. The fraction of sp³-hybridized carbons (Fsp3) is 0.160. The van der Waals surface area contributed by atoms with Crippen LogP contribution in [0, 0.1) is 0 Å². The minimum Gasteiger partial charge on any atom is -0.497 e. The third-order valence-corrected chi connectivity index (χ3v) is 6.02. The Bertz CT molecular complexity index is 1150. The second-order valence-corrected chi connectivity index (χ2v) is 8.34. The molecular weight excluding hydrogens is 458 g/mol. The number of nitrogens with zero attached hydrogens (tertiary/aromatic N) is 2. The number of halogens is 1. The molecule has 1 heterocycles. The maximum absolute atomic E-state index is 13.4. The molecule has 1 N–H and O–H groups in total. The van der Waals surface area contributed by atoms with E-state index in [9.17, 15) is 9.59 Å². The lowest BCUT2D eigenvalue weighted by molar-refractivity contribution is -0.124. The van der Waals surface area contributed by atoms with Crippen LogP contribution in [0.3, 0.4) is 0 Å². The average molecular weight is 480 g/mol. The zero-order valence-corrected chi connectivity index (χ0v) is 19.5. The van der Waals surface area contributed by atoms with Crippen molar-refractivity contribution in [3.63, 3.8) is 0 Å². The number of carbonyl (C=O) groups is 2. The Morgan fingerprint density at radius 3 is 2.33 bits per heavy atom. The molecule has 0 aliphatic carbocycles. The van der Waals surface area contributed by atoms with E-state index in [1.807, 2.05) is 42.5 Å². The largest absolute Gasteiger partial charge is 0.497 e. The third-order valence-electron chi connectivity index (χ3n) is 5.35. The summed E-state index contributed by atoms with van der Waals surface area (Å²) in [7, 11) is 1.58. The van der Waals surface area contributed by atoms with Crippen molar-refractivity contribution in [2.75, 3.05) is 17.3 Å². The van der Waals surface area contributed by atoms with E-state index in [4.69, 9.17) is 28.6 Å². The molecule has 0 aromatic heterocycles. The van der Waals surface area contributed by atoms with Gasteiger partial charge in [0, 0.05) is 17.3 Å². The number of anilines is 2. The van der Waals surface area contributed by atoms with Crippen molar-refractivity contribution in [3.05, 3.63) is 89.4 Å². The van der Waals surface area contributed by atoms with Crippen molar-refractivity contribution in [1.29, 1.82) is 0 Å². The number of hydrogen-bond acceptors (Lipinski definition) is 4. The molecule has 0 bridgehead atoms. The van der Waals surface area contributed by atoms with Gasteiger partial charge >= 0.3 is 0 Å². The van der Waals surface area contributed by atoms with E-state index in [-0.39, 0.29) is 18.2 Å². The molecule has 3 aromatic carbocycles. The lowest BCUT2D eigenvalue weighted by Gasteiger charge is -2.24. The summed E-state index contributed by atoms with van der Waals surface area (Å²) in [6.45, 7) is 0.381. The zero-order valence-electron chi connectivity index (χ0n) is 17.9. The second-order valence-electron chi connectivity index (χ2n) is 7.54. The Labute approximate surface area is 202 Å². The first kappa shape index (κ1) is 22.8. The topological polar surface area (TPSA) is 61.9 Å². The molecule has 0 saturated carbocycles. The first-order valence-corrected chi connectivity index (χ1v) is 11.1. The van der Waals surface area contributed by atoms with Gasteiger partial charge in [-0.25, -0.2) is 0 Å². The Kier molecular flexibility index (Phi) is 6.91. The van der Waals surface area contributed by atoms with E-state index in [1.54, 1.807) is 48.4 Å². The summed E-state index contributed by atoms with van der Waals surface area (Å²) in [6, 6.07) is 22.8. The minimum absolute atomic E-state index is 0.0398. The molecule has 3 aromatic rings. The quantitative estimate of drug-likeness (QED) is 0.489. The van der Waals surface area contributed by atoms with Crippen LogP contribution in [0.2, 0.25) is 5.02 Å². The number of hydrogen-bond donors (Lipinski definition) is 1. The lowest BCUT2D eigenvalue weighted by atomic mass is 10.1. The molecule has 0 spiro atoms. The first-order chi connectivity index (χ1) is 16.0. The summed E-state index contributed by atoms with van der Waals surface area (Å²) >= 11 is 11.7. The molecule has 1 atom stereocenters. The number of para-hydroxylation sites is 1. The average Bonchev–Trinajstić information content (AvgIpc) is 3.05. The van der Waals surface area contributed by atoms with Crippen LogP contribution in [0.5, 0.6) is 5.75 Å². The van der Waals surface area contributed by atoms with Crippen molar-refractivity contribution in [2.24, 2.45) is 0 Å². The van der Waals surface area contributed by atoms with Gasteiger partial charge in [0.05, 0.1) is 19.2 Å². The van der Waals surface area contributed by atoms with Gasteiger partial charge < -0.3 is 15.0 Å². The van der Waals surface area contributed by atoms with Crippen LogP contribution < -0.4 is 15.0 Å². The molecule has 33 heavy (non-hydrogen) atoms. The number of ether oxygens (including phenoxy) is 1. The molecule has 1 fully saturated rings. The third kappa shape index (κ3) is 5.16. The van der Waals surface area contributed by atoms with Gasteiger partial charge in [-0.3, -0.25) is 14.5 Å². The highest BCUT2D eigenvalue weighted by Gasteiger charge is 2.44. The standard InChI is InChI=1S/C25H22ClN3O3S/c1-32-21-13-11-19(12-14-21)27-23(30)15-22-24(31)29(20-5-3-2-4-6-20)25(33)28(22)16-17-7-9-18(26)10-8-17/h2-14,22H,15-16H2,1H3,(H,27,30). The summed E-state index contributed by atoms with van der Waals surface area (Å²) in [6.07, 6.45) is -0.0398. The minimum atomic E-state index is -0.730. The molecule has 168 valence electrons. The second kappa shape index (κ2) is 10.0. The van der Waals surface area contributed by atoms with Crippen molar-refractivity contribution in [3.8, 4) is 5.75 Å². The van der Waals surface area contributed by atoms with Gasteiger partial charge in [-0.2, -0.15) is 0 Å². The van der Waals surface area contributed by atoms with E-state index < -0.39 is 6.04 Å². The molecule has 1 unspecified atom stereocenters. The Balaban J connectivity index is 1.57. The molecular formula is C25H22ClN3O3S. The Hall–Kier alpha value is -3.42. The van der Waals surface area contributed by atoms with Crippen LogP contribution in [-0.2, 0) is 16.1 Å². The van der Waals surface area contributed by atoms with E-state index >= 15 is 0 Å². The van der Waals surface area contributed by atoms with Gasteiger partial charge in [0.25, 0.3) is 5.91 Å². The molecule has 0 radical (unpaired) electrons. The lowest BCUT2D eigenvalue weighted by Crippen LogP contribution is -2.37. The Morgan fingerprint density at radius 2 is 1.70 bits per heavy atom. The number of rotatable bonds is 7. The van der Waals surface area contributed by atoms with Crippen LogP contribution in [0.25, 0.3) is 0 Å². The molecule has 6 nitrogen and oxygen atoms in total. The van der Waals surface area contributed by atoms with Crippen molar-refractivity contribution < 1.29 is 14.3 Å². The van der Waals surface area contributed by atoms with Gasteiger partial charge in [-0.05, 0) is 66.3 Å². The van der Waals surface area contributed by atoms with Crippen molar-refractivity contribution in [1.82, 2.24) is 4.90 Å². The summed E-state index contributed by atoms with van der Waals surface area (Å²) in [5.74, 6) is 0.180. The summed E-state index contributed by atoms with van der Waals surface area (Å²) in [5.41, 5.74) is 2.23. The number of thiocarbonyl (C=S) groups is 1. The first-order valence-electron chi connectivity index (χ1n) is 10.3. The summed E-state index contributed by atoms with van der Waals surface area (Å²) < 4.78 is 5.15. The van der Waals surface area contributed by atoms with E-state index in [2.05, 4.69) is 5.32 Å². The van der Waals surface area contributed by atoms with Gasteiger partial charge in [0.1, 0.15) is 11.8 Å². The monoisotopic (exact) mass is 479 g/mol. The number of amides is 2. The number of carbonyl (C=O) groups excluding carboxylic acids is 2. The summed E-state index contributed by atoms with van der Waals surface area (Å²) in [4.78, 5) is 29.6. The van der Waals surface area contributed by atoms with Gasteiger partial charge in [-0.15, -0.1) is 0 Å². The van der Waals surface area contributed by atoms with E-state index in [0.717, 1.165) is 5.56 Å². The van der Waals surface area contributed by atoms with Crippen LogP contribution in [0.4, 0.5) is 11.4 Å². The SMILES string of the molecule is COc1ccc(NC(=O)CC2C(=O)N(c3ccccc3)C(=S)N2Cc2ccc(Cl)cc2)cc1. The molecule has 4 rings (SSSR count). The van der Waals surface area contributed by atoms with Gasteiger partial charge in [0.2, 0.25) is 5.91 Å². The van der Waals surface area contributed by atoms with E-state index in [0.29, 0.717) is 33.8 Å². The normalized spacial score (nSPS) is 15.6. The molecule has 1 aliphatic rings. The maximum atomic E-state index is 13.4. The predicted octanol–water partition coefficient (Wildman–Crippen LogP) is 4.88. The number of nitrogens with one attached hydrogen (secondary N) is 1. The number of benzene rings is 3. The fourth-order valence-electron chi connectivity index (χ4n) is 3.68. The van der Waals surface area contributed by atoms with Crippen LogP contribution >= 0.6 is 23.8 Å². The zero-order chi connectivity index (χ0) is 23.4. The maximum Gasteiger partial charge on any atom is 0.256 e. The molecule has 8 heteroatoms. The highest BCUT2D eigenvalue weighted by atomic mass is 35.5. The van der Waals surface area contributed by atoms with Crippen LogP contribution in [0.1, 0.15) is 12.0 Å². The van der Waals surface area contributed by atoms with Gasteiger partial charge in [-0.1, -0.05) is 41.9 Å². The smallest absolute Gasteiger partial charge is 0.256 e. The summed E-state index contributed by atoms with van der Waals surface area (Å²) in [5, 5.41) is 3.84. The number of methoxy groups -OCH3 is 1. The van der Waals surface area contributed by atoms with Crippen molar-refractivity contribution in [2.45, 2.75) is 19.0 Å². The molecule has 1 saturated heterocycles. The highest BCUT2D eigenvalue weighted by Crippen LogP contribution is 2.29. The van der Waals surface area contributed by atoms with Gasteiger partial charge in [0.15, 0.2) is 5.11 Å².